The predicted octanol–water partition coefficient (Wildman–Crippen LogP) is 1.98. The van der Waals surface area contributed by atoms with Gasteiger partial charge in [0, 0.05) is 42.4 Å². The molecular weight excluding hydrogens is 304 g/mol. The van der Waals surface area contributed by atoms with Crippen LogP contribution in [-0.2, 0) is 0 Å². The Labute approximate surface area is 123 Å². The SMILES string of the molecule is CN1CCN(C)C(CNc2ccc(C#N)cc2Br)C1. The molecule has 19 heavy (non-hydrogen) atoms. The zero-order valence-corrected chi connectivity index (χ0v) is 12.9. The molecule has 0 bridgehead atoms. The van der Waals surface area contributed by atoms with Gasteiger partial charge in [0.2, 0.25) is 0 Å². The number of likely N-dealkylation sites (N-methyl/N-ethyl adjacent to an activating group) is 2. The van der Waals surface area contributed by atoms with Crippen LogP contribution >= 0.6 is 15.9 Å². The third-order valence-electron chi connectivity index (χ3n) is 3.61. The number of nitrogens with one attached hydrogen (secondary N) is 1. The van der Waals surface area contributed by atoms with Gasteiger partial charge in [0.25, 0.3) is 0 Å². The van der Waals surface area contributed by atoms with E-state index in [0.717, 1.165) is 36.3 Å². The lowest BCUT2D eigenvalue weighted by atomic mass is 10.1. The standard InChI is InChI=1S/C14H19BrN4/c1-18-5-6-19(2)12(10-18)9-17-14-4-3-11(8-16)7-13(14)15/h3-4,7,12,17H,5-6,9-10H2,1-2H3. The predicted molar refractivity (Wildman–Crippen MR) is 81.3 cm³/mol. The van der Waals surface area contributed by atoms with Crippen LogP contribution in [0.25, 0.3) is 0 Å². The van der Waals surface area contributed by atoms with Crippen LogP contribution in [0.1, 0.15) is 5.56 Å². The Hall–Kier alpha value is -1.09. The summed E-state index contributed by atoms with van der Waals surface area (Å²) in [5, 5.41) is 12.3. The molecule has 4 nitrogen and oxygen atoms in total. The van der Waals surface area contributed by atoms with Gasteiger partial charge in [0.05, 0.1) is 11.6 Å². The number of nitriles is 1. The number of hydrogen-bond acceptors (Lipinski definition) is 4. The minimum atomic E-state index is 0.515. The van der Waals surface area contributed by atoms with Gasteiger partial charge in [-0.05, 0) is 48.2 Å². The second-order valence-electron chi connectivity index (χ2n) is 5.08. The Bertz CT molecular complexity index is 483. The van der Waals surface area contributed by atoms with Crippen molar-refractivity contribution in [3.05, 3.63) is 28.2 Å². The van der Waals surface area contributed by atoms with Crippen molar-refractivity contribution < 1.29 is 0 Å². The van der Waals surface area contributed by atoms with Crippen molar-refractivity contribution in [2.24, 2.45) is 0 Å². The molecular formula is C14H19BrN4. The van der Waals surface area contributed by atoms with E-state index in [1.807, 2.05) is 18.2 Å². The smallest absolute Gasteiger partial charge is 0.0992 e. The topological polar surface area (TPSA) is 42.3 Å². The normalized spacial score (nSPS) is 21.1. The van der Waals surface area contributed by atoms with E-state index < -0.39 is 0 Å². The van der Waals surface area contributed by atoms with Crippen LogP contribution in [0.3, 0.4) is 0 Å². The molecule has 1 heterocycles. The summed E-state index contributed by atoms with van der Waals surface area (Å²) in [7, 11) is 4.34. The van der Waals surface area contributed by atoms with Crippen LogP contribution < -0.4 is 5.32 Å². The Kier molecular flexibility index (Phi) is 4.81. The molecule has 2 rings (SSSR count). The Morgan fingerprint density at radius 1 is 1.42 bits per heavy atom. The summed E-state index contributed by atoms with van der Waals surface area (Å²) >= 11 is 3.50. The average molecular weight is 323 g/mol. The van der Waals surface area contributed by atoms with Gasteiger partial charge >= 0.3 is 0 Å². The van der Waals surface area contributed by atoms with Gasteiger partial charge in [0.1, 0.15) is 0 Å². The van der Waals surface area contributed by atoms with Gasteiger partial charge in [0.15, 0.2) is 0 Å². The van der Waals surface area contributed by atoms with Gasteiger partial charge in [-0.25, -0.2) is 0 Å². The van der Waals surface area contributed by atoms with E-state index in [2.05, 4.69) is 51.2 Å². The molecule has 1 N–H and O–H groups in total. The summed E-state index contributed by atoms with van der Waals surface area (Å²) in [5.74, 6) is 0. The van der Waals surface area contributed by atoms with Gasteiger partial charge in [-0.3, -0.25) is 4.90 Å². The second kappa shape index (κ2) is 6.38. The molecule has 1 unspecified atom stereocenters. The molecule has 0 aliphatic carbocycles. The molecule has 0 aromatic heterocycles. The fraction of sp³-hybridized carbons (Fsp3) is 0.500. The minimum absolute atomic E-state index is 0.515. The third-order valence-corrected chi connectivity index (χ3v) is 4.26. The van der Waals surface area contributed by atoms with Crippen LogP contribution in [-0.4, -0.2) is 56.1 Å². The number of nitrogens with zero attached hydrogens (tertiary/aromatic N) is 3. The number of rotatable bonds is 3. The van der Waals surface area contributed by atoms with Gasteiger partial charge in [-0.15, -0.1) is 0 Å². The highest BCUT2D eigenvalue weighted by Crippen LogP contribution is 2.23. The highest BCUT2D eigenvalue weighted by molar-refractivity contribution is 9.10. The molecule has 0 saturated carbocycles. The van der Waals surface area contributed by atoms with Crippen LogP contribution in [0.2, 0.25) is 0 Å². The van der Waals surface area contributed by atoms with Gasteiger partial charge in [-0.2, -0.15) is 5.26 Å². The molecule has 0 radical (unpaired) electrons. The maximum atomic E-state index is 8.85. The molecule has 1 aliphatic rings. The first kappa shape index (κ1) is 14.3. The zero-order chi connectivity index (χ0) is 13.8. The van der Waals surface area contributed by atoms with Gasteiger partial charge in [-0.1, -0.05) is 0 Å². The fourth-order valence-corrected chi connectivity index (χ4v) is 2.80. The van der Waals surface area contributed by atoms with E-state index in [0.29, 0.717) is 11.6 Å². The number of halogens is 1. The first-order valence-corrected chi connectivity index (χ1v) is 7.21. The number of piperazine rings is 1. The molecule has 0 amide bonds. The van der Waals surface area contributed by atoms with E-state index in [4.69, 9.17) is 5.26 Å². The van der Waals surface area contributed by atoms with Crippen LogP contribution in [0.15, 0.2) is 22.7 Å². The molecule has 1 fully saturated rings. The molecule has 5 heteroatoms. The summed E-state index contributed by atoms with van der Waals surface area (Å²) < 4.78 is 0.943. The summed E-state index contributed by atoms with van der Waals surface area (Å²) in [6, 6.07) is 8.29. The quantitative estimate of drug-likeness (QED) is 0.924. The second-order valence-corrected chi connectivity index (χ2v) is 5.94. The lowest BCUT2D eigenvalue weighted by molar-refractivity contribution is 0.122. The summed E-state index contributed by atoms with van der Waals surface area (Å²) in [5.41, 5.74) is 1.72. The molecule has 1 aromatic carbocycles. The highest BCUT2D eigenvalue weighted by atomic mass is 79.9. The maximum Gasteiger partial charge on any atom is 0.0992 e. The molecule has 1 aromatic rings. The fourth-order valence-electron chi connectivity index (χ4n) is 2.28. The van der Waals surface area contributed by atoms with Crippen molar-refractivity contribution in [2.45, 2.75) is 6.04 Å². The van der Waals surface area contributed by atoms with Crippen molar-refractivity contribution in [2.75, 3.05) is 45.6 Å². The lowest BCUT2D eigenvalue weighted by Crippen LogP contribution is -2.52. The number of anilines is 1. The van der Waals surface area contributed by atoms with Crippen molar-refractivity contribution in [3.63, 3.8) is 0 Å². The highest BCUT2D eigenvalue weighted by Gasteiger charge is 2.21. The van der Waals surface area contributed by atoms with Crippen molar-refractivity contribution in [3.8, 4) is 6.07 Å². The van der Waals surface area contributed by atoms with Crippen LogP contribution in [0.4, 0.5) is 5.69 Å². The van der Waals surface area contributed by atoms with Crippen molar-refractivity contribution >= 4 is 21.6 Å². The first-order chi connectivity index (χ1) is 9.10. The van der Waals surface area contributed by atoms with Crippen LogP contribution in [0.5, 0.6) is 0 Å². The molecule has 1 atom stereocenters. The summed E-state index contributed by atoms with van der Waals surface area (Å²) in [6.45, 7) is 4.23. The largest absolute Gasteiger partial charge is 0.383 e. The molecule has 1 saturated heterocycles. The molecule has 0 spiro atoms. The third kappa shape index (κ3) is 3.69. The maximum absolute atomic E-state index is 8.85. The van der Waals surface area contributed by atoms with E-state index in [1.165, 1.54) is 0 Å². The minimum Gasteiger partial charge on any atom is -0.383 e. The van der Waals surface area contributed by atoms with E-state index >= 15 is 0 Å². The lowest BCUT2D eigenvalue weighted by Gasteiger charge is -2.38. The number of benzene rings is 1. The van der Waals surface area contributed by atoms with Crippen LogP contribution in [0, 0.1) is 11.3 Å². The summed E-state index contributed by atoms with van der Waals surface area (Å²) in [6.07, 6.45) is 0. The average Bonchev–Trinajstić information content (AvgIpc) is 2.40. The van der Waals surface area contributed by atoms with Gasteiger partial charge < -0.3 is 10.2 Å². The summed E-state index contributed by atoms with van der Waals surface area (Å²) in [4.78, 5) is 4.75. The first-order valence-electron chi connectivity index (χ1n) is 6.42. The molecule has 1 aliphatic heterocycles. The molecule has 102 valence electrons. The van der Waals surface area contributed by atoms with E-state index in [-0.39, 0.29) is 0 Å². The Balaban J connectivity index is 1.96. The number of hydrogen-bond donors (Lipinski definition) is 1. The van der Waals surface area contributed by atoms with Crippen molar-refractivity contribution in [1.29, 1.82) is 5.26 Å². The van der Waals surface area contributed by atoms with E-state index in [1.54, 1.807) is 0 Å². The van der Waals surface area contributed by atoms with E-state index in [9.17, 15) is 0 Å². The Morgan fingerprint density at radius 3 is 2.89 bits per heavy atom. The van der Waals surface area contributed by atoms with Crippen molar-refractivity contribution in [1.82, 2.24) is 9.80 Å². The Morgan fingerprint density at radius 2 is 2.21 bits per heavy atom. The monoisotopic (exact) mass is 322 g/mol. The zero-order valence-electron chi connectivity index (χ0n) is 11.4.